The molecule has 0 fully saturated rings. The fraction of sp³-hybridized carbons (Fsp3) is 0.333. The molecule has 1 aromatic rings. The summed E-state index contributed by atoms with van der Waals surface area (Å²) in [5, 5.41) is 0. The molecule has 0 bridgehead atoms. The molecular formula is C9H9KO. The van der Waals surface area contributed by atoms with E-state index in [-0.39, 0.29) is 51.4 Å². The van der Waals surface area contributed by atoms with Gasteiger partial charge in [-0.25, -0.2) is 0 Å². The van der Waals surface area contributed by atoms with Crippen molar-refractivity contribution in [2.45, 2.75) is 13.0 Å². The molecule has 0 saturated carbocycles. The summed E-state index contributed by atoms with van der Waals surface area (Å²) in [5.74, 6) is 0. The van der Waals surface area contributed by atoms with Crippen LogP contribution in [0.2, 0.25) is 0 Å². The van der Waals surface area contributed by atoms with Gasteiger partial charge in [0.15, 0.2) is 0 Å². The van der Waals surface area contributed by atoms with Crippen molar-refractivity contribution in [2.75, 3.05) is 6.61 Å². The van der Waals surface area contributed by atoms with E-state index in [0.717, 1.165) is 19.6 Å². The molecule has 1 aliphatic rings. The SMILES string of the molecule is [K+].[c-]1cccc2c1COCC2. The Bertz CT molecular complexity index is 210. The van der Waals surface area contributed by atoms with E-state index in [1.54, 1.807) is 0 Å². The average molecular weight is 172 g/mol. The summed E-state index contributed by atoms with van der Waals surface area (Å²) in [4.78, 5) is 0. The molecule has 1 heterocycles. The van der Waals surface area contributed by atoms with Crippen LogP contribution < -0.4 is 51.4 Å². The fourth-order valence-electron chi connectivity index (χ4n) is 1.23. The molecule has 0 spiro atoms. The summed E-state index contributed by atoms with van der Waals surface area (Å²) in [7, 11) is 0. The molecule has 0 unspecified atom stereocenters. The van der Waals surface area contributed by atoms with Crippen LogP contribution in [0.25, 0.3) is 0 Å². The van der Waals surface area contributed by atoms with E-state index in [1.807, 2.05) is 12.1 Å². The Labute approximate surface area is 110 Å². The normalized spacial score (nSPS) is 14.9. The van der Waals surface area contributed by atoms with Crippen LogP contribution >= 0.6 is 0 Å². The first-order chi connectivity index (χ1) is 4.97. The van der Waals surface area contributed by atoms with E-state index in [0.29, 0.717) is 0 Å². The van der Waals surface area contributed by atoms with Gasteiger partial charge >= 0.3 is 51.4 Å². The van der Waals surface area contributed by atoms with Gasteiger partial charge < -0.3 is 4.74 Å². The third-order valence-corrected chi connectivity index (χ3v) is 1.80. The van der Waals surface area contributed by atoms with Crippen LogP contribution in [-0.4, -0.2) is 6.61 Å². The molecule has 1 aliphatic heterocycles. The maximum atomic E-state index is 5.26. The quantitative estimate of drug-likeness (QED) is 0.344. The van der Waals surface area contributed by atoms with Crippen molar-refractivity contribution < 1.29 is 56.1 Å². The smallest absolute Gasteiger partial charge is 0.380 e. The van der Waals surface area contributed by atoms with E-state index < -0.39 is 0 Å². The van der Waals surface area contributed by atoms with Crippen molar-refractivity contribution in [2.24, 2.45) is 0 Å². The van der Waals surface area contributed by atoms with Crippen molar-refractivity contribution in [3.8, 4) is 0 Å². The Morgan fingerprint density at radius 2 is 2.36 bits per heavy atom. The molecule has 1 aromatic carbocycles. The zero-order valence-corrected chi connectivity index (χ0v) is 9.88. The Balaban J connectivity index is 0.000000605. The van der Waals surface area contributed by atoms with Gasteiger partial charge in [-0.2, -0.15) is 24.3 Å². The summed E-state index contributed by atoms with van der Waals surface area (Å²) in [6, 6.07) is 9.28. The summed E-state index contributed by atoms with van der Waals surface area (Å²) in [5.41, 5.74) is 2.63. The molecule has 0 amide bonds. The minimum absolute atomic E-state index is 0. The van der Waals surface area contributed by atoms with E-state index in [2.05, 4.69) is 12.1 Å². The predicted octanol–water partition coefficient (Wildman–Crippen LogP) is -1.44. The van der Waals surface area contributed by atoms with Crippen LogP contribution in [0.15, 0.2) is 18.2 Å². The van der Waals surface area contributed by atoms with E-state index in [9.17, 15) is 0 Å². The Morgan fingerprint density at radius 1 is 1.45 bits per heavy atom. The van der Waals surface area contributed by atoms with Crippen LogP contribution in [0.3, 0.4) is 0 Å². The molecule has 52 valence electrons. The third-order valence-electron chi connectivity index (χ3n) is 1.80. The summed E-state index contributed by atoms with van der Waals surface area (Å²) in [6.07, 6.45) is 1.05. The van der Waals surface area contributed by atoms with Crippen LogP contribution in [0, 0.1) is 6.07 Å². The van der Waals surface area contributed by atoms with Gasteiger partial charge in [-0.15, -0.1) is 11.1 Å². The van der Waals surface area contributed by atoms with E-state index >= 15 is 0 Å². The van der Waals surface area contributed by atoms with Crippen molar-refractivity contribution in [3.05, 3.63) is 35.4 Å². The van der Waals surface area contributed by atoms with Crippen molar-refractivity contribution >= 4 is 0 Å². The molecule has 2 rings (SSSR count). The second-order valence-electron chi connectivity index (χ2n) is 2.48. The Morgan fingerprint density at radius 3 is 3.18 bits per heavy atom. The zero-order chi connectivity index (χ0) is 6.81. The Hall–Kier alpha value is 0.816. The first-order valence-corrected chi connectivity index (χ1v) is 3.53. The summed E-state index contributed by atoms with van der Waals surface area (Å²) < 4.78 is 5.26. The molecule has 0 N–H and O–H groups in total. The van der Waals surface area contributed by atoms with Crippen molar-refractivity contribution in [3.63, 3.8) is 0 Å². The number of ether oxygens (including phenoxy) is 1. The molecule has 2 heteroatoms. The van der Waals surface area contributed by atoms with Crippen LogP contribution in [0.5, 0.6) is 0 Å². The van der Waals surface area contributed by atoms with E-state index in [1.165, 1.54) is 11.1 Å². The number of benzene rings is 1. The van der Waals surface area contributed by atoms with Crippen molar-refractivity contribution in [1.82, 2.24) is 0 Å². The molecule has 0 aliphatic carbocycles. The molecule has 0 aromatic heterocycles. The molecular weight excluding hydrogens is 163 g/mol. The molecule has 0 atom stereocenters. The number of fused-ring (bicyclic) bond motifs is 1. The van der Waals surface area contributed by atoms with Gasteiger partial charge in [0.25, 0.3) is 0 Å². The van der Waals surface area contributed by atoms with Crippen LogP contribution in [0.4, 0.5) is 0 Å². The molecule has 1 nitrogen and oxygen atoms in total. The number of hydrogen-bond acceptors (Lipinski definition) is 1. The third kappa shape index (κ3) is 2.37. The van der Waals surface area contributed by atoms with Gasteiger partial charge in [-0.1, -0.05) is 0 Å². The monoisotopic (exact) mass is 172 g/mol. The van der Waals surface area contributed by atoms with Gasteiger partial charge in [0.05, 0.1) is 0 Å². The largest absolute Gasteiger partial charge is 1.00 e. The number of hydrogen-bond donors (Lipinski definition) is 0. The first kappa shape index (κ1) is 9.90. The minimum Gasteiger partial charge on any atom is -0.380 e. The zero-order valence-electron chi connectivity index (χ0n) is 6.76. The Kier molecular flexibility index (Phi) is 4.27. The molecule has 11 heavy (non-hydrogen) atoms. The minimum atomic E-state index is 0. The fourth-order valence-corrected chi connectivity index (χ4v) is 1.23. The maximum Gasteiger partial charge on any atom is 1.00 e. The van der Waals surface area contributed by atoms with Crippen molar-refractivity contribution in [1.29, 1.82) is 0 Å². The standard InChI is InChI=1S/C9H9O.K/c1-2-4-9-7-10-6-5-8(9)3-1;/h1-3H,5-7H2;/q-1;+1. The van der Waals surface area contributed by atoms with Gasteiger partial charge in [0, 0.05) is 13.2 Å². The first-order valence-electron chi connectivity index (χ1n) is 3.53. The molecule has 0 saturated heterocycles. The maximum absolute atomic E-state index is 5.26. The topological polar surface area (TPSA) is 9.23 Å². The van der Waals surface area contributed by atoms with E-state index in [4.69, 9.17) is 4.74 Å². The summed E-state index contributed by atoms with van der Waals surface area (Å²) in [6.45, 7) is 1.61. The summed E-state index contributed by atoms with van der Waals surface area (Å²) >= 11 is 0. The second kappa shape index (κ2) is 4.75. The van der Waals surface area contributed by atoms with Crippen LogP contribution in [-0.2, 0) is 17.8 Å². The average Bonchev–Trinajstić information content (AvgIpc) is 2.05. The van der Waals surface area contributed by atoms with Crippen LogP contribution in [0.1, 0.15) is 11.1 Å². The molecule has 0 radical (unpaired) electrons. The van der Waals surface area contributed by atoms with Gasteiger partial charge in [-0.3, -0.25) is 0 Å². The van der Waals surface area contributed by atoms with Gasteiger partial charge in [0.1, 0.15) is 0 Å². The second-order valence-corrected chi connectivity index (χ2v) is 2.48. The van der Waals surface area contributed by atoms with Gasteiger partial charge in [0.2, 0.25) is 0 Å². The van der Waals surface area contributed by atoms with Gasteiger partial charge in [-0.05, 0) is 6.42 Å². The number of rotatable bonds is 0. The predicted molar refractivity (Wildman–Crippen MR) is 38.6 cm³/mol.